The second-order valence-electron chi connectivity index (χ2n) is 28.0. The summed E-state index contributed by atoms with van der Waals surface area (Å²) in [6, 6.07) is 0. The Labute approximate surface area is 679 Å². The molecular weight excluding hydrogens is 1450 g/mol. The van der Waals surface area contributed by atoms with E-state index in [0.717, 1.165) is 199 Å². The normalized spacial score (nSPS) is 14.7. The molecule has 0 aromatic carbocycles. The van der Waals surface area contributed by atoms with Gasteiger partial charge in [-0.05, 0) is 173 Å². The van der Waals surface area contributed by atoms with Crippen molar-refractivity contribution in [3.8, 4) is 0 Å². The van der Waals surface area contributed by atoms with Crippen molar-refractivity contribution in [3.63, 3.8) is 0 Å². The van der Waals surface area contributed by atoms with Crippen LogP contribution in [0.1, 0.15) is 323 Å². The van der Waals surface area contributed by atoms with E-state index in [1.807, 2.05) is 18.2 Å². The van der Waals surface area contributed by atoms with Gasteiger partial charge in [-0.15, -0.1) is 0 Å². The van der Waals surface area contributed by atoms with Gasteiger partial charge in [0.25, 0.3) is 0 Å². The third-order valence-electron chi connectivity index (χ3n) is 17.3. The molecule has 0 aromatic heterocycles. The van der Waals surface area contributed by atoms with Crippen molar-refractivity contribution in [3.05, 3.63) is 182 Å². The van der Waals surface area contributed by atoms with Crippen LogP contribution >= 0.6 is 15.6 Å². The summed E-state index contributed by atoms with van der Waals surface area (Å²) >= 11 is 0. The molecule has 5 atom stereocenters. The van der Waals surface area contributed by atoms with Gasteiger partial charge in [0, 0.05) is 25.7 Å². The van der Waals surface area contributed by atoms with E-state index in [4.69, 9.17) is 37.0 Å². The maximum Gasteiger partial charge on any atom is 0.472 e. The number of allylic oxidation sites excluding steroid dienone is 30. The first-order chi connectivity index (χ1) is 54.7. The van der Waals surface area contributed by atoms with Crippen LogP contribution in [0.3, 0.4) is 0 Å². The van der Waals surface area contributed by atoms with Gasteiger partial charge >= 0.3 is 39.5 Å². The number of aliphatic hydroxyl groups is 1. The van der Waals surface area contributed by atoms with E-state index in [9.17, 15) is 43.2 Å². The number of phosphoric ester groups is 2. The molecule has 0 aliphatic heterocycles. The Morgan fingerprint density at radius 1 is 0.259 bits per heavy atom. The molecule has 0 aromatic rings. The van der Waals surface area contributed by atoms with Gasteiger partial charge in [-0.1, -0.05) is 306 Å². The predicted molar refractivity (Wildman–Crippen MR) is 463 cm³/mol. The summed E-state index contributed by atoms with van der Waals surface area (Å²) in [4.78, 5) is 73.3. The van der Waals surface area contributed by atoms with E-state index in [0.29, 0.717) is 32.1 Å². The lowest BCUT2D eigenvalue weighted by atomic mass is 10.1. The average Bonchev–Trinajstić information content (AvgIpc) is 0.898. The predicted octanol–water partition coefficient (Wildman–Crippen LogP) is 25.9. The standard InChI is InChI=1S/C93H152O17P2/c1-5-9-13-17-21-25-29-33-37-40-43-46-50-53-57-61-65-69-73-77-90(95)103-83-88(109-92(97)79-75-71-67-63-59-55-49-36-32-28-24-20-16-12-8-4)85-107-111(99,100)105-81-87(94)82-106-112(101,102)108-86-89(110-93(98)80-76-72-68-64-60-56-52-48-45-42-39-35-31-27-23-19-15-11-7-3)84-104-91(96)78-74-70-66-62-58-54-51-47-44-41-38-34-30-26-22-18-14-10-6-2/h10-11,14-15,21-28,33-39,43-49,54,58,66,70,87-89,94H,5-9,12-13,16-20,29-32,40-42,50-53,55-57,59-65,67-69,71-86H2,1-4H3,(H,99,100)(H,101,102)/b14-10-,15-11-,25-21-,26-22-,27-23-,28-24-,37-33-,38-34-,39-35-,46-43-,47-44-,48-45-,49-36-,58-54-,70-66-. The molecule has 19 heteroatoms. The highest BCUT2D eigenvalue weighted by Gasteiger charge is 2.30. The smallest absolute Gasteiger partial charge is 0.462 e. The first kappa shape index (κ1) is 106. The van der Waals surface area contributed by atoms with Crippen LogP contribution in [0.25, 0.3) is 0 Å². The van der Waals surface area contributed by atoms with E-state index in [2.05, 4.69) is 192 Å². The highest BCUT2D eigenvalue weighted by atomic mass is 31.2. The molecule has 0 amide bonds. The zero-order chi connectivity index (χ0) is 81.7. The summed E-state index contributed by atoms with van der Waals surface area (Å²) in [7, 11) is -10.0. The molecule has 636 valence electrons. The number of ether oxygens (including phenoxy) is 4. The first-order valence-corrected chi connectivity index (χ1v) is 46.0. The Morgan fingerprint density at radius 3 is 0.768 bits per heavy atom. The average molecular weight is 1600 g/mol. The van der Waals surface area contributed by atoms with Crippen molar-refractivity contribution in [1.29, 1.82) is 0 Å². The highest BCUT2D eigenvalue weighted by Crippen LogP contribution is 2.45. The van der Waals surface area contributed by atoms with E-state index in [-0.39, 0.29) is 25.7 Å². The maximum atomic E-state index is 13.1. The Morgan fingerprint density at radius 2 is 0.482 bits per heavy atom. The fraction of sp³-hybridized carbons (Fsp3) is 0.634. The lowest BCUT2D eigenvalue weighted by Crippen LogP contribution is -2.30. The molecule has 17 nitrogen and oxygen atoms in total. The van der Waals surface area contributed by atoms with Crippen LogP contribution in [0.2, 0.25) is 0 Å². The van der Waals surface area contributed by atoms with Crippen molar-refractivity contribution in [2.24, 2.45) is 0 Å². The minimum atomic E-state index is -5.01. The summed E-state index contributed by atoms with van der Waals surface area (Å²) in [6.45, 7) is 4.47. The molecule has 0 saturated carbocycles. The van der Waals surface area contributed by atoms with Crippen LogP contribution in [0.4, 0.5) is 0 Å². The van der Waals surface area contributed by atoms with Gasteiger partial charge in [0.1, 0.15) is 19.3 Å². The Balaban J connectivity index is 5.49. The molecule has 0 fully saturated rings. The van der Waals surface area contributed by atoms with Crippen molar-refractivity contribution < 1.29 is 80.2 Å². The molecule has 0 aliphatic rings. The Hall–Kier alpha value is -5.84. The SMILES string of the molecule is CC/C=C\C/C=C\C/C=C\C/C=C\C/C=C\C/C=C\CCC(=O)OCC(COP(=O)(O)OCC(O)COP(=O)(O)OCC(COC(=O)CCCCCCCC/C=C\C/C=C\C/C=C\CCCCC)OC(=O)CCCCCCC/C=C\C/C=C\CCCCC)OC(=O)CCCCCCCC/C=C\C/C=C\C/C=C\C/C=C\CC. The number of aliphatic hydroxyl groups excluding tert-OH is 1. The number of hydrogen-bond acceptors (Lipinski definition) is 15. The quantitative estimate of drug-likeness (QED) is 0.0169. The summed E-state index contributed by atoms with van der Waals surface area (Å²) in [5.74, 6) is -2.33. The summed E-state index contributed by atoms with van der Waals surface area (Å²) in [5.41, 5.74) is 0. The molecule has 0 spiro atoms. The maximum absolute atomic E-state index is 13.1. The molecule has 0 rings (SSSR count). The lowest BCUT2D eigenvalue weighted by Gasteiger charge is -2.21. The molecule has 0 saturated heterocycles. The van der Waals surface area contributed by atoms with Gasteiger partial charge in [0.15, 0.2) is 12.2 Å². The zero-order valence-corrected chi connectivity index (χ0v) is 71.6. The van der Waals surface area contributed by atoms with E-state index in [1.165, 1.54) is 38.5 Å². The number of carbonyl (C=O) groups excluding carboxylic acids is 4. The second kappa shape index (κ2) is 83.1. The molecule has 0 heterocycles. The summed E-state index contributed by atoms with van der Waals surface area (Å²) in [6.07, 6.45) is 101. The molecular formula is C93H152O17P2. The van der Waals surface area contributed by atoms with E-state index in [1.54, 1.807) is 0 Å². The summed E-state index contributed by atoms with van der Waals surface area (Å²) in [5, 5.41) is 10.7. The Bertz CT molecular complexity index is 2840. The number of phosphoric acid groups is 2. The van der Waals surface area contributed by atoms with Crippen LogP contribution < -0.4 is 0 Å². The third kappa shape index (κ3) is 82.2. The number of unbranched alkanes of at least 4 members (excludes halogenated alkanes) is 23. The Kier molecular flexibility index (Phi) is 78.8. The van der Waals surface area contributed by atoms with Gasteiger partial charge in [-0.25, -0.2) is 9.13 Å². The highest BCUT2D eigenvalue weighted by molar-refractivity contribution is 7.47. The third-order valence-corrected chi connectivity index (χ3v) is 19.2. The van der Waals surface area contributed by atoms with Gasteiger partial charge in [-0.3, -0.25) is 37.3 Å². The molecule has 3 N–H and O–H groups in total. The summed E-state index contributed by atoms with van der Waals surface area (Å²) < 4.78 is 68.7. The monoisotopic (exact) mass is 1600 g/mol. The van der Waals surface area contributed by atoms with Crippen LogP contribution in [0.15, 0.2) is 182 Å². The number of esters is 4. The number of hydrogen-bond donors (Lipinski definition) is 3. The molecule has 112 heavy (non-hydrogen) atoms. The van der Waals surface area contributed by atoms with Gasteiger partial charge in [-0.2, -0.15) is 0 Å². The van der Waals surface area contributed by atoms with Crippen molar-refractivity contribution in [2.45, 2.75) is 341 Å². The molecule has 0 bridgehead atoms. The van der Waals surface area contributed by atoms with Crippen molar-refractivity contribution in [1.82, 2.24) is 0 Å². The minimum Gasteiger partial charge on any atom is -0.462 e. The number of carbonyl (C=O) groups is 4. The lowest BCUT2D eigenvalue weighted by molar-refractivity contribution is -0.161. The fourth-order valence-corrected chi connectivity index (χ4v) is 12.4. The second-order valence-corrected chi connectivity index (χ2v) is 30.9. The van der Waals surface area contributed by atoms with Gasteiger partial charge < -0.3 is 33.8 Å². The van der Waals surface area contributed by atoms with Crippen molar-refractivity contribution in [2.75, 3.05) is 39.6 Å². The van der Waals surface area contributed by atoms with Crippen LogP contribution in [-0.2, 0) is 65.4 Å². The number of rotatable bonds is 79. The minimum absolute atomic E-state index is 0.0257. The molecule has 0 aliphatic carbocycles. The largest absolute Gasteiger partial charge is 0.472 e. The molecule has 5 unspecified atom stereocenters. The fourth-order valence-electron chi connectivity index (χ4n) is 10.9. The molecule has 0 radical (unpaired) electrons. The zero-order valence-electron chi connectivity index (χ0n) is 69.8. The van der Waals surface area contributed by atoms with Gasteiger partial charge in [0.05, 0.1) is 26.4 Å². The van der Waals surface area contributed by atoms with Crippen molar-refractivity contribution >= 4 is 39.5 Å². The van der Waals surface area contributed by atoms with E-state index >= 15 is 0 Å². The van der Waals surface area contributed by atoms with Gasteiger partial charge in [0.2, 0.25) is 0 Å². The van der Waals surface area contributed by atoms with Crippen LogP contribution in [0.5, 0.6) is 0 Å². The van der Waals surface area contributed by atoms with E-state index < -0.39 is 97.5 Å². The van der Waals surface area contributed by atoms with Crippen LogP contribution in [0, 0.1) is 0 Å². The van der Waals surface area contributed by atoms with Crippen LogP contribution in [-0.4, -0.2) is 96.7 Å². The first-order valence-electron chi connectivity index (χ1n) is 43.0. The topological polar surface area (TPSA) is 237 Å².